The average molecular weight is 453 g/mol. The monoisotopic (exact) mass is 453 g/mol. The van der Waals surface area contributed by atoms with Crippen molar-refractivity contribution in [2.45, 2.75) is 25.7 Å². The average Bonchev–Trinajstić information content (AvgIpc) is 3.08. The molecule has 2 heterocycles. The molecule has 10 heteroatoms. The van der Waals surface area contributed by atoms with Gasteiger partial charge in [-0.2, -0.15) is 4.98 Å². The highest BCUT2D eigenvalue weighted by Gasteiger charge is 2.14. The number of halogens is 1. The van der Waals surface area contributed by atoms with Crippen LogP contribution in [0.1, 0.15) is 17.2 Å². The van der Waals surface area contributed by atoms with Gasteiger partial charge >= 0.3 is 0 Å². The summed E-state index contributed by atoms with van der Waals surface area (Å²) in [7, 11) is -3.83. The summed E-state index contributed by atoms with van der Waals surface area (Å²) in [5.74, 6) is 1.48. The van der Waals surface area contributed by atoms with Crippen molar-refractivity contribution in [3.05, 3.63) is 84.0 Å². The van der Waals surface area contributed by atoms with Gasteiger partial charge in [-0.1, -0.05) is 0 Å². The molecule has 8 nitrogen and oxygen atoms in total. The molecule has 0 spiro atoms. The summed E-state index contributed by atoms with van der Waals surface area (Å²) < 4.78 is 48.1. The highest BCUT2D eigenvalue weighted by Crippen LogP contribution is 2.25. The number of ether oxygens (including phenoxy) is 1. The molecule has 32 heavy (non-hydrogen) atoms. The molecule has 0 unspecified atom stereocenters. The number of benzene rings is 2. The molecule has 0 saturated heterocycles. The minimum Gasteiger partial charge on any atom is -0.439 e. The number of aromatic nitrogens is 4. The smallest absolute Gasteiger partial charge is 0.261 e. The van der Waals surface area contributed by atoms with E-state index in [9.17, 15) is 12.8 Å². The number of hydrogen-bond donors (Lipinski definition) is 1. The lowest BCUT2D eigenvalue weighted by molar-refractivity contribution is 0.459. The van der Waals surface area contributed by atoms with E-state index in [0.29, 0.717) is 29.0 Å². The molecule has 0 amide bonds. The topological polar surface area (TPSA) is 99.0 Å². The van der Waals surface area contributed by atoms with Crippen LogP contribution < -0.4 is 9.46 Å². The van der Waals surface area contributed by atoms with Gasteiger partial charge in [0.05, 0.1) is 10.6 Å². The Hall–Kier alpha value is -3.79. The molecule has 1 N–H and O–H groups in total. The van der Waals surface area contributed by atoms with E-state index in [4.69, 9.17) is 4.74 Å². The Kier molecular flexibility index (Phi) is 5.62. The van der Waals surface area contributed by atoms with E-state index in [1.54, 1.807) is 43.6 Å². The molecule has 4 rings (SSSR count). The second-order valence-corrected chi connectivity index (χ2v) is 8.77. The zero-order chi connectivity index (χ0) is 22.9. The first-order chi connectivity index (χ1) is 15.2. The van der Waals surface area contributed by atoms with Crippen LogP contribution >= 0.6 is 0 Å². The van der Waals surface area contributed by atoms with E-state index in [2.05, 4.69) is 19.7 Å². The maximum Gasteiger partial charge on any atom is 0.261 e. The highest BCUT2D eigenvalue weighted by atomic mass is 32.2. The lowest BCUT2D eigenvalue weighted by atomic mass is 10.3. The predicted octanol–water partition coefficient (Wildman–Crippen LogP) is 4.32. The Morgan fingerprint density at radius 3 is 2.28 bits per heavy atom. The molecule has 0 radical (unpaired) electrons. The first kappa shape index (κ1) is 21.4. The number of rotatable bonds is 6. The van der Waals surface area contributed by atoms with Crippen LogP contribution in [0.25, 0.3) is 5.82 Å². The minimum atomic E-state index is -3.83. The van der Waals surface area contributed by atoms with Crippen molar-refractivity contribution in [2.75, 3.05) is 4.72 Å². The molecular formula is C22H20FN5O3S. The van der Waals surface area contributed by atoms with Crippen molar-refractivity contribution in [2.24, 2.45) is 0 Å². The third kappa shape index (κ3) is 4.59. The Morgan fingerprint density at radius 2 is 1.66 bits per heavy atom. The third-order valence-corrected chi connectivity index (χ3v) is 6.15. The van der Waals surface area contributed by atoms with E-state index < -0.39 is 15.8 Å². The zero-order valence-corrected chi connectivity index (χ0v) is 18.4. The van der Waals surface area contributed by atoms with Crippen LogP contribution in [-0.2, 0) is 10.0 Å². The fourth-order valence-electron chi connectivity index (χ4n) is 2.97. The van der Waals surface area contributed by atoms with Crippen molar-refractivity contribution in [1.29, 1.82) is 0 Å². The van der Waals surface area contributed by atoms with Gasteiger partial charge in [0.15, 0.2) is 0 Å². The van der Waals surface area contributed by atoms with Gasteiger partial charge in [-0.25, -0.2) is 22.8 Å². The summed E-state index contributed by atoms with van der Waals surface area (Å²) in [6, 6.07) is 12.7. The van der Waals surface area contributed by atoms with Crippen molar-refractivity contribution >= 4 is 15.7 Å². The maximum atomic E-state index is 13.0. The summed E-state index contributed by atoms with van der Waals surface area (Å²) in [5.41, 5.74) is 2.21. The predicted molar refractivity (Wildman–Crippen MR) is 117 cm³/mol. The van der Waals surface area contributed by atoms with Crippen LogP contribution in [-0.4, -0.2) is 27.9 Å². The summed E-state index contributed by atoms with van der Waals surface area (Å²) in [5, 5.41) is 0. The van der Waals surface area contributed by atoms with Gasteiger partial charge in [-0.05, 0) is 69.3 Å². The fourth-order valence-corrected chi connectivity index (χ4v) is 4.03. The van der Waals surface area contributed by atoms with Gasteiger partial charge in [0.1, 0.15) is 29.5 Å². The minimum absolute atomic E-state index is 0.0340. The number of imidazole rings is 1. The number of nitrogens with zero attached hydrogens (tertiary/aromatic N) is 4. The highest BCUT2D eigenvalue weighted by molar-refractivity contribution is 7.92. The molecule has 0 aliphatic heterocycles. The molecule has 164 valence electrons. The fraction of sp³-hybridized carbons (Fsp3) is 0.136. The molecule has 2 aromatic carbocycles. The first-order valence-electron chi connectivity index (χ1n) is 9.64. The van der Waals surface area contributed by atoms with E-state index in [1.165, 1.54) is 12.1 Å². The second-order valence-electron chi connectivity index (χ2n) is 7.08. The number of aryl methyl sites for hydroxylation is 2. The van der Waals surface area contributed by atoms with Crippen LogP contribution in [0.15, 0.2) is 65.8 Å². The molecular weight excluding hydrogens is 433 g/mol. The molecule has 0 aliphatic rings. The summed E-state index contributed by atoms with van der Waals surface area (Å²) in [4.78, 5) is 13.0. The summed E-state index contributed by atoms with van der Waals surface area (Å²) >= 11 is 0. The van der Waals surface area contributed by atoms with E-state index in [1.807, 2.05) is 18.4 Å². The Labute approximate surface area is 184 Å². The summed E-state index contributed by atoms with van der Waals surface area (Å²) in [6.07, 6.45) is 1.69. The second kappa shape index (κ2) is 8.39. The van der Waals surface area contributed by atoms with Crippen LogP contribution in [0, 0.1) is 26.6 Å². The SMILES string of the molecule is Cc1nc(Oc2ccc(NS(=O)(=O)c3ccc(F)cc3)cc2)cc(-n2cnc(C)c2C)n1. The van der Waals surface area contributed by atoms with Crippen LogP contribution in [0.5, 0.6) is 11.6 Å². The van der Waals surface area contributed by atoms with Crippen LogP contribution in [0.4, 0.5) is 10.1 Å². The van der Waals surface area contributed by atoms with Crippen molar-refractivity contribution in [3.8, 4) is 17.4 Å². The first-order valence-corrected chi connectivity index (χ1v) is 11.1. The van der Waals surface area contributed by atoms with Crippen molar-refractivity contribution in [1.82, 2.24) is 19.5 Å². The van der Waals surface area contributed by atoms with Crippen molar-refractivity contribution < 1.29 is 17.5 Å². The summed E-state index contributed by atoms with van der Waals surface area (Å²) in [6.45, 7) is 5.64. The van der Waals surface area contributed by atoms with Gasteiger partial charge < -0.3 is 4.74 Å². The Morgan fingerprint density at radius 1 is 0.969 bits per heavy atom. The third-order valence-electron chi connectivity index (χ3n) is 4.75. The molecule has 2 aromatic heterocycles. The molecule has 0 saturated carbocycles. The Bertz CT molecular complexity index is 1370. The molecule has 0 atom stereocenters. The lowest BCUT2D eigenvalue weighted by Crippen LogP contribution is -2.12. The van der Waals surface area contributed by atoms with Gasteiger partial charge in [0.2, 0.25) is 5.88 Å². The number of nitrogens with one attached hydrogen (secondary N) is 1. The van der Waals surface area contributed by atoms with Gasteiger partial charge in [-0.3, -0.25) is 9.29 Å². The maximum absolute atomic E-state index is 13.0. The van der Waals surface area contributed by atoms with Crippen LogP contribution in [0.2, 0.25) is 0 Å². The number of sulfonamides is 1. The standard InChI is InChI=1S/C22H20FN5O3S/c1-14-15(2)28(13-24-14)21-12-22(26-16(3)25-21)31-19-8-6-18(7-9-19)27-32(29,30)20-10-4-17(23)5-11-20/h4-13,27H,1-3H3. The van der Waals surface area contributed by atoms with Crippen LogP contribution in [0.3, 0.4) is 0 Å². The van der Waals surface area contributed by atoms with E-state index in [-0.39, 0.29) is 4.90 Å². The van der Waals surface area contributed by atoms with E-state index in [0.717, 1.165) is 23.5 Å². The molecule has 0 bridgehead atoms. The zero-order valence-electron chi connectivity index (χ0n) is 17.6. The van der Waals surface area contributed by atoms with E-state index >= 15 is 0 Å². The van der Waals surface area contributed by atoms with Crippen molar-refractivity contribution in [3.63, 3.8) is 0 Å². The molecule has 4 aromatic rings. The van der Waals surface area contributed by atoms with Gasteiger partial charge in [0.25, 0.3) is 10.0 Å². The van der Waals surface area contributed by atoms with Gasteiger partial charge in [-0.15, -0.1) is 0 Å². The number of hydrogen-bond acceptors (Lipinski definition) is 6. The number of anilines is 1. The Balaban J connectivity index is 1.52. The quantitative estimate of drug-likeness (QED) is 0.467. The molecule has 0 fully saturated rings. The van der Waals surface area contributed by atoms with Gasteiger partial charge in [0, 0.05) is 17.4 Å². The largest absolute Gasteiger partial charge is 0.439 e. The normalized spacial score (nSPS) is 11.4. The lowest BCUT2D eigenvalue weighted by Gasteiger charge is -2.11. The molecule has 0 aliphatic carbocycles.